The zero-order chi connectivity index (χ0) is 15.5. The number of likely N-dealkylation sites (tertiary alicyclic amines) is 1. The summed E-state index contributed by atoms with van der Waals surface area (Å²) in [7, 11) is 0. The van der Waals surface area contributed by atoms with E-state index in [0.29, 0.717) is 6.54 Å². The van der Waals surface area contributed by atoms with Gasteiger partial charge in [-0.25, -0.2) is 9.97 Å². The summed E-state index contributed by atoms with van der Waals surface area (Å²) in [6.45, 7) is 8.24. The normalized spacial score (nSPS) is 22.2. The van der Waals surface area contributed by atoms with Crippen molar-refractivity contribution in [2.75, 3.05) is 37.6 Å². The summed E-state index contributed by atoms with van der Waals surface area (Å²) >= 11 is 0. The van der Waals surface area contributed by atoms with Crippen molar-refractivity contribution in [2.45, 2.75) is 39.2 Å². The molecular formula is C16H25N5O. The van der Waals surface area contributed by atoms with E-state index in [2.05, 4.69) is 27.1 Å². The minimum absolute atomic E-state index is 0.137. The monoisotopic (exact) mass is 303 g/mol. The van der Waals surface area contributed by atoms with E-state index >= 15 is 0 Å². The molecule has 0 aromatic carbocycles. The van der Waals surface area contributed by atoms with Gasteiger partial charge in [0.2, 0.25) is 11.9 Å². The number of anilines is 1. The summed E-state index contributed by atoms with van der Waals surface area (Å²) < 4.78 is 0. The number of nitrogens with one attached hydrogen (secondary N) is 1. The predicted molar refractivity (Wildman–Crippen MR) is 86.0 cm³/mol. The molecule has 1 N–H and O–H groups in total. The first-order valence-electron chi connectivity index (χ1n) is 8.28. The summed E-state index contributed by atoms with van der Waals surface area (Å²) in [5, 5.41) is 3.35. The molecule has 120 valence electrons. The molecule has 6 nitrogen and oxygen atoms in total. The Kier molecular flexibility index (Phi) is 4.57. The van der Waals surface area contributed by atoms with Gasteiger partial charge in [0.05, 0.1) is 0 Å². The maximum atomic E-state index is 12.6. The molecule has 1 aromatic heterocycles. The Bertz CT molecular complexity index is 541. The molecule has 0 spiro atoms. The standard InChI is InChI=1S/C16H25N5O/c1-3-13-12(2)10-18-16(19-13)21-9-6-17-14(11-21)15(22)20-7-4-5-8-20/h10,14,17H,3-9,11H2,1-2H3/t14-/m1/s1. The molecule has 0 radical (unpaired) electrons. The molecule has 1 aromatic rings. The van der Waals surface area contributed by atoms with Crippen molar-refractivity contribution in [1.29, 1.82) is 0 Å². The molecule has 2 aliphatic rings. The van der Waals surface area contributed by atoms with Crippen LogP contribution in [-0.4, -0.2) is 59.5 Å². The average Bonchev–Trinajstić information content (AvgIpc) is 3.09. The van der Waals surface area contributed by atoms with Crippen LogP contribution in [0, 0.1) is 6.92 Å². The highest BCUT2D eigenvalue weighted by atomic mass is 16.2. The highest BCUT2D eigenvalue weighted by Gasteiger charge is 2.31. The molecule has 0 aliphatic carbocycles. The number of rotatable bonds is 3. The number of hydrogen-bond donors (Lipinski definition) is 1. The lowest BCUT2D eigenvalue weighted by Crippen LogP contribution is -2.58. The SMILES string of the molecule is CCc1nc(N2CCN[C@@H](C(=O)N3CCCC3)C2)ncc1C. The average molecular weight is 303 g/mol. The van der Waals surface area contributed by atoms with Crippen LogP contribution in [0.15, 0.2) is 6.20 Å². The molecule has 2 fully saturated rings. The highest BCUT2D eigenvalue weighted by molar-refractivity contribution is 5.83. The largest absolute Gasteiger partial charge is 0.341 e. The molecule has 3 rings (SSSR count). The number of piperazine rings is 1. The van der Waals surface area contributed by atoms with Crippen LogP contribution in [0.3, 0.4) is 0 Å². The Morgan fingerprint density at radius 2 is 2.14 bits per heavy atom. The number of carbonyl (C=O) groups excluding carboxylic acids is 1. The molecule has 0 unspecified atom stereocenters. The third-order valence-electron chi connectivity index (χ3n) is 4.57. The lowest BCUT2D eigenvalue weighted by Gasteiger charge is -2.34. The summed E-state index contributed by atoms with van der Waals surface area (Å²) in [6.07, 6.45) is 5.05. The van der Waals surface area contributed by atoms with E-state index in [4.69, 9.17) is 0 Å². The van der Waals surface area contributed by atoms with Crippen molar-refractivity contribution >= 4 is 11.9 Å². The van der Waals surface area contributed by atoms with E-state index in [-0.39, 0.29) is 11.9 Å². The van der Waals surface area contributed by atoms with Gasteiger partial charge < -0.3 is 15.1 Å². The molecule has 22 heavy (non-hydrogen) atoms. The van der Waals surface area contributed by atoms with Crippen molar-refractivity contribution in [2.24, 2.45) is 0 Å². The first-order chi connectivity index (χ1) is 10.7. The molecule has 1 atom stereocenters. The van der Waals surface area contributed by atoms with Gasteiger partial charge >= 0.3 is 0 Å². The number of carbonyl (C=O) groups is 1. The fraction of sp³-hybridized carbons (Fsp3) is 0.688. The quantitative estimate of drug-likeness (QED) is 0.893. The van der Waals surface area contributed by atoms with Gasteiger partial charge in [0, 0.05) is 44.6 Å². The molecule has 1 amide bonds. The van der Waals surface area contributed by atoms with E-state index in [1.165, 1.54) is 0 Å². The molecule has 2 saturated heterocycles. The molecule has 6 heteroatoms. The van der Waals surface area contributed by atoms with Crippen molar-refractivity contribution in [3.63, 3.8) is 0 Å². The number of aromatic nitrogens is 2. The minimum atomic E-state index is -0.137. The lowest BCUT2D eigenvalue weighted by atomic mass is 10.2. The maximum absolute atomic E-state index is 12.6. The van der Waals surface area contributed by atoms with Crippen molar-refractivity contribution in [3.8, 4) is 0 Å². The van der Waals surface area contributed by atoms with Crippen LogP contribution < -0.4 is 10.2 Å². The van der Waals surface area contributed by atoms with Gasteiger partial charge in [-0.2, -0.15) is 0 Å². The van der Waals surface area contributed by atoms with Crippen LogP contribution in [0.2, 0.25) is 0 Å². The van der Waals surface area contributed by atoms with Gasteiger partial charge in [-0.3, -0.25) is 4.79 Å². The van der Waals surface area contributed by atoms with E-state index in [1.807, 2.05) is 18.0 Å². The number of nitrogens with zero attached hydrogens (tertiary/aromatic N) is 4. The second kappa shape index (κ2) is 6.60. The zero-order valence-corrected chi connectivity index (χ0v) is 13.5. The van der Waals surface area contributed by atoms with Crippen LogP contribution in [0.1, 0.15) is 31.0 Å². The molecule has 0 saturated carbocycles. The van der Waals surface area contributed by atoms with Crippen molar-refractivity contribution in [1.82, 2.24) is 20.2 Å². The third kappa shape index (κ3) is 3.06. The van der Waals surface area contributed by atoms with E-state index in [9.17, 15) is 4.79 Å². The van der Waals surface area contributed by atoms with Gasteiger partial charge in [-0.15, -0.1) is 0 Å². The molecule has 3 heterocycles. The fourth-order valence-electron chi connectivity index (χ4n) is 3.23. The van der Waals surface area contributed by atoms with Crippen molar-refractivity contribution in [3.05, 3.63) is 17.5 Å². The Morgan fingerprint density at radius 1 is 1.36 bits per heavy atom. The molecular weight excluding hydrogens is 278 g/mol. The van der Waals surface area contributed by atoms with Gasteiger partial charge in [0.1, 0.15) is 6.04 Å². The summed E-state index contributed by atoms with van der Waals surface area (Å²) in [5.41, 5.74) is 2.22. The van der Waals surface area contributed by atoms with Crippen molar-refractivity contribution < 1.29 is 4.79 Å². The first-order valence-corrected chi connectivity index (χ1v) is 8.28. The Labute approximate surface area is 131 Å². The Hall–Kier alpha value is -1.69. The Balaban J connectivity index is 1.71. The van der Waals surface area contributed by atoms with Crippen LogP contribution >= 0.6 is 0 Å². The minimum Gasteiger partial charge on any atom is -0.341 e. The van der Waals surface area contributed by atoms with E-state index in [1.54, 1.807) is 0 Å². The maximum Gasteiger partial charge on any atom is 0.241 e. The first kappa shape index (κ1) is 15.2. The molecule has 2 aliphatic heterocycles. The van der Waals surface area contributed by atoms with Crippen LogP contribution in [0.4, 0.5) is 5.95 Å². The second-order valence-electron chi connectivity index (χ2n) is 6.14. The Morgan fingerprint density at radius 3 is 2.86 bits per heavy atom. The summed E-state index contributed by atoms with van der Waals surface area (Å²) in [4.78, 5) is 25.8. The van der Waals surface area contributed by atoms with E-state index in [0.717, 1.165) is 62.6 Å². The van der Waals surface area contributed by atoms with Gasteiger partial charge in [-0.1, -0.05) is 6.92 Å². The summed E-state index contributed by atoms with van der Waals surface area (Å²) in [5.74, 6) is 0.980. The number of hydrogen-bond acceptors (Lipinski definition) is 5. The fourth-order valence-corrected chi connectivity index (χ4v) is 3.23. The van der Waals surface area contributed by atoms with Crippen LogP contribution in [0.25, 0.3) is 0 Å². The van der Waals surface area contributed by atoms with Gasteiger partial charge in [-0.05, 0) is 31.7 Å². The lowest BCUT2D eigenvalue weighted by molar-refractivity contribution is -0.132. The second-order valence-corrected chi connectivity index (χ2v) is 6.14. The highest BCUT2D eigenvalue weighted by Crippen LogP contribution is 2.16. The van der Waals surface area contributed by atoms with Crippen LogP contribution in [-0.2, 0) is 11.2 Å². The number of aryl methyl sites for hydroxylation is 2. The topological polar surface area (TPSA) is 61.4 Å². The van der Waals surface area contributed by atoms with Crippen LogP contribution in [0.5, 0.6) is 0 Å². The van der Waals surface area contributed by atoms with E-state index < -0.39 is 0 Å². The third-order valence-corrected chi connectivity index (χ3v) is 4.57. The van der Waals surface area contributed by atoms with Gasteiger partial charge in [0.15, 0.2) is 0 Å². The molecule has 0 bridgehead atoms. The zero-order valence-electron chi connectivity index (χ0n) is 13.5. The predicted octanol–water partition coefficient (Wildman–Crippen LogP) is 0.748. The number of amides is 1. The smallest absolute Gasteiger partial charge is 0.241 e. The summed E-state index contributed by atoms with van der Waals surface area (Å²) in [6, 6.07) is -0.137. The van der Waals surface area contributed by atoms with Gasteiger partial charge in [0.25, 0.3) is 0 Å².